The molecule has 0 saturated heterocycles. The van der Waals surface area contributed by atoms with Crippen molar-refractivity contribution in [2.45, 2.75) is 12.3 Å². The highest BCUT2D eigenvalue weighted by Gasteiger charge is 2.13. The molecule has 2 nitrogen and oxygen atoms in total. The number of benzene rings is 1. The summed E-state index contributed by atoms with van der Waals surface area (Å²) in [4.78, 5) is 10.9. The largest absolute Gasteiger partial charge is 0.369 e. The van der Waals surface area contributed by atoms with Gasteiger partial charge in [-0.15, -0.1) is 0 Å². The fraction of sp³-hybridized carbons (Fsp3) is 0.200. The van der Waals surface area contributed by atoms with E-state index < -0.39 is 0 Å². The molecule has 63 valence electrons. The van der Waals surface area contributed by atoms with Gasteiger partial charge in [0.1, 0.15) is 0 Å². The van der Waals surface area contributed by atoms with Gasteiger partial charge in [-0.05, 0) is 12.0 Å². The molecule has 2 N–H and O–H groups in total. The Hall–Kier alpha value is -1.31. The molecule has 0 aliphatic rings. The minimum absolute atomic E-state index is 0.244. The normalized spacial score (nSPS) is 12.4. The van der Waals surface area contributed by atoms with Crippen molar-refractivity contribution in [1.29, 1.82) is 0 Å². The fourth-order valence-electron chi connectivity index (χ4n) is 1.16. The first-order chi connectivity index (χ1) is 5.75. The second-order valence-electron chi connectivity index (χ2n) is 2.65. The van der Waals surface area contributed by atoms with Crippen LogP contribution < -0.4 is 5.73 Å². The summed E-state index contributed by atoms with van der Waals surface area (Å²) in [5.74, 6) is -0.553. The van der Waals surface area contributed by atoms with Gasteiger partial charge >= 0.3 is 0 Å². The lowest BCUT2D eigenvalue weighted by Crippen LogP contribution is -2.20. The van der Waals surface area contributed by atoms with Gasteiger partial charge in [0.15, 0.2) is 0 Å². The Morgan fingerprint density at radius 3 is 2.42 bits per heavy atom. The van der Waals surface area contributed by atoms with Crippen LogP contribution in [0.1, 0.15) is 17.9 Å². The molecule has 0 saturated carbocycles. The van der Waals surface area contributed by atoms with Crippen LogP contribution in [0.4, 0.5) is 0 Å². The molecule has 0 aliphatic carbocycles. The van der Waals surface area contributed by atoms with Gasteiger partial charge < -0.3 is 5.73 Å². The number of primary amides is 1. The molecule has 2 heteroatoms. The molecular weight excluding hydrogens is 150 g/mol. The Balaban J connectivity index is 2.88. The van der Waals surface area contributed by atoms with Gasteiger partial charge in [0.05, 0.1) is 5.92 Å². The van der Waals surface area contributed by atoms with Crippen LogP contribution in [0.2, 0.25) is 0 Å². The summed E-state index contributed by atoms with van der Waals surface area (Å²) in [6.07, 6.45) is 0.513. The molecular formula is C10H12NO. The number of hydrogen-bond acceptors (Lipinski definition) is 1. The molecule has 1 radical (unpaired) electrons. The fourth-order valence-corrected chi connectivity index (χ4v) is 1.16. The summed E-state index contributed by atoms with van der Waals surface area (Å²) >= 11 is 0. The van der Waals surface area contributed by atoms with E-state index in [9.17, 15) is 4.79 Å². The molecule has 0 heterocycles. The number of nitrogens with two attached hydrogens (primary N) is 1. The van der Waals surface area contributed by atoms with Crippen LogP contribution in [0.3, 0.4) is 0 Å². The lowest BCUT2D eigenvalue weighted by Gasteiger charge is -2.09. The second-order valence-corrected chi connectivity index (χ2v) is 2.65. The van der Waals surface area contributed by atoms with Crippen molar-refractivity contribution >= 4 is 5.91 Å². The lowest BCUT2D eigenvalue weighted by molar-refractivity contribution is -0.119. The van der Waals surface area contributed by atoms with Crippen LogP contribution in [0.5, 0.6) is 0 Å². The molecule has 12 heavy (non-hydrogen) atoms. The highest BCUT2D eigenvalue weighted by molar-refractivity contribution is 5.81. The Labute approximate surface area is 72.4 Å². The van der Waals surface area contributed by atoms with Crippen molar-refractivity contribution in [3.8, 4) is 0 Å². The number of hydrogen-bond donors (Lipinski definition) is 1. The lowest BCUT2D eigenvalue weighted by atomic mass is 9.96. The Bertz CT molecular complexity index is 256. The van der Waals surface area contributed by atoms with E-state index in [1.807, 2.05) is 30.3 Å². The maximum Gasteiger partial charge on any atom is 0.224 e. The van der Waals surface area contributed by atoms with Crippen molar-refractivity contribution in [3.05, 3.63) is 42.8 Å². The summed E-state index contributed by atoms with van der Waals surface area (Å²) < 4.78 is 0. The van der Waals surface area contributed by atoms with Gasteiger partial charge in [0.2, 0.25) is 5.91 Å². The zero-order valence-corrected chi connectivity index (χ0v) is 6.86. The van der Waals surface area contributed by atoms with E-state index in [1.54, 1.807) is 0 Å². The van der Waals surface area contributed by atoms with E-state index in [4.69, 9.17) is 5.73 Å². The average molecular weight is 162 g/mol. The Morgan fingerprint density at radius 1 is 1.42 bits per heavy atom. The SMILES string of the molecule is [CH2]CC(C(N)=O)c1ccccc1. The molecule has 1 rings (SSSR count). The number of carbonyl (C=O) groups is 1. The third-order valence-electron chi connectivity index (χ3n) is 1.83. The first-order valence-electron chi connectivity index (χ1n) is 3.89. The smallest absolute Gasteiger partial charge is 0.224 e. The van der Waals surface area contributed by atoms with Crippen LogP contribution in [-0.2, 0) is 4.79 Å². The van der Waals surface area contributed by atoms with E-state index in [1.165, 1.54) is 0 Å². The summed E-state index contributed by atoms with van der Waals surface area (Å²) in [5.41, 5.74) is 6.14. The molecule has 0 aromatic heterocycles. The first-order valence-corrected chi connectivity index (χ1v) is 3.89. The standard InChI is InChI=1S/C10H12NO/c1-2-9(10(11)12)8-6-4-3-5-7-8/h3-7,9H,1-2H2,(H2,11,12). The first kappa shape index (κ1) is 8.78. The monoisotopic (exact) mass is 162 g/mol. The van der Waals surface area contributed by atoms with Crippen molar-refractivity contribution in [2.75, 3.05) is 0 Å². The van der Waals surface area contributed by atoms with Crippen molar-refractivity contribution in [3.63, 3.8) is 0 Å². The van der Waals surface area contributed by atoms with Gasteiger partial charge in [-0.1, -0.05) is 37.3 Å². The molecule has 0 fully saturated rings. The summed E-state index contributed by atoms with van der Waals surface area (Å²) in [7, 11) is 0. The van der Waals surface area contributed by atoms with Gasteiger partial charge in [-0.25, -0.2) is 0 Å². The van der Waals surface area contributed by atoms with E-state index in [2.05, 4.69) is 6.92 Å². The van der Waals surface area contributed by atoms with Gasteiger partial charge in [0, 0.05) is 0 Å². The maximum atomic E-state index is 10.9. The van der Waals surface area contributed by atoms with Crippen molar-refractivity contribution in [2.24, 2.45) is 5.73 Å². The molecule has 1 aromatic rings. The number of amides is 1. The molecule has 0 bridgehead atoms. The minimum Gasteiger partial charge on any atom is -0.369 e. The second kappa shape index (κ2) is 3.90. The summed E-state index contributed by atoms with van der Waals surface area (Å²) in [6.45, 7) is 3.68. The van der Waals surface area contributed by atoms with E-state index in [0.717, 1.165) is 5.56 Å². The highest BCUT2D eigenvalue weighted by atomic mass is 16.1. The third kappa shape index (κ3) is 1.84. The molecule has 0 aliphatic heterocycles. The average Bonchev–Trinajstić information content (AvgIpc) is 2.07. The van der Waals surface area contributed by atoms with Crippen LogP contribution in [0.15, 0.2) is 30.3 Å². The van der Waals surface area contributed by atoms with Crippen LogP contribution in [0, 0.1) is 6.92 Å². The highest BCUT2D eigenvalue weighted by Crippen LogP contribution is 2.17. The predicted octanol–water partition coefficient (Wildman–Crippen LogP) is 1.48. The summed E-state index contributed by atoms with van der Waals surface area (Å²) in [5, 5.41) is 0. The van der Waals surface area contributed by atoms with Crippen LogP contribution in [-0.4, -0.2) is 5.91 Å². The van der Waals surface area contributed by atoms with E-state index in [-0.39, 0.29) is 11.8 Å². The van der Waals surface area contributed by atoms with E-state index in [0.29, 0.717) is 6.42 Å². The van der Waals surface area contributed by atoms with Crippen LogP contribution >= 0.6 is 0 Å². The van der Waals surface area contributed by atoms with Gasteiger partial charge in [-0.2, -0.15) is 0 Å². The van der Waals surface area contributed by atoms with Gasteiger partial charge in [-0.3, -0.25) is 4.79 Å². The number of rotatable bonds is 3. The quantitative estimate of drug-likeness (QED) is 0.718. The van der Waals surface area contributed by atoms with Crippen molar-refractivity contribution < 1.29 is 4.79 Å². The molecule has 1 unspecified atom stereocenters. The van der Waals surface area contributed by atoms with E-state index >= 15 is 0 Å². The van der Waals surface area contributed by atoms with Crippen molar-refractivity contribution in [1.82, 2.24) is 0 Å². The summed E-state index contributed by atoms with van der Waals surface area (Å²) in [6, 6.07) is 9.47. The number of carbonyl (C=O) groups excluding carboxylic acids is 1. The Kier molecular flexibility index (Phi) is 2.86. The molecule has 1 aromatic carbocycles. The Morgan fingerprint density at radius 2 is 2.00 bits per heavy atom. The minimum atomic E-state index is -0.309. The molecule has 1 atom stereocenters. The topological polar surface area (TPSA) is 43.1 Å². The van der Waals surface area contributed by atoms with Crippen LogP contribution in [0.25, 0.3) is 0 Å². The zero-order chi connectivity index (χ0) is 8.97. The third-order valence-corrected chi connectivity index (χ3v) is 1.83. The molecule has 1 amide bonds. The van der Waals surface area contributed by atoms with Gasteiger partial charge in [0.25, 0.3) is 0 Å². The molecule has 0 spiro atoms. The predicted molar refractivity (Wildman–Crippen MR) is 48.4 cm³/mol. The maximum absolute atomic E-state index is 10.9. The zero-order valence-electron chi connectivity index (χ0n) is 6.86.